The van der Waals surface area contributed by atoms with Crippen LogP contribution in [0.15, 0.2) is 84.9 Å². The molecular formula is C26H22N2O3. The third-order valence-electron chi connectivity index (χ3n) is 5.37. The summed E-state index contributed by atoms with van der Waals surface area (Å²) in [6.45, 7) is 0.715. The number of fused-ring (bicyclic) bond motifs is 2. The minimum atomic E-state index is -0.0125. The topological polar surface area (TPSA) is 51.7 Å². The van der Waals surface area contributed by atoms with Gasteiger partial charge in [-0.25, -0.2) is 4.98 Å². The number of hydrogen-bond donors (Lipinski definition) is 0. The number of rotatable bonds is 6. The summed E-state index contributed by atoms with van der Waals surface area (Å²) in [6, 6.07) is 27.6. The van der Waals surface area contributed by atoms with E-state index >= 15 is 0 Å². The minimum absolute atomic E-state index is 0.0125. The van der Waals surface area contributed by atoms with Gasteiger partial charge in [-0.1, -0.05) is 54.6 Å². The van der Waals surface area contributed by atoms with Crippen LogP contribution in [0, 0.1) is 0 Å². The number of carbonyl (C=O) groups excluding carboxylic acids is 1. The highest BCUT2D eigenvalue weighted by Gasteiger charge is 2.24. The van der Waals surface area contributed by atoms with Gasteiger partial charge in [0.05, 0.1) is 16.9 Å². The second kappa shape index (κ2) is 8.58. The summed E-state index contributed by atoms with van der Waals surface area (Å²) < 4.78 is 5.89. The number of carbonyl (C=O) groups is 1. The van der Waals surface area contributed by atoms with Crippen LogP contribution in [0.1, 0.15) is 23.2 Å². The van der Waals surface area contributed by atoms with Crippen LogP contribution < -0.4 is 9.80 Å². The smallest absolute Gasteiger partial charge is 0.251 e. The Morgan fingerprint density at radius 1 is 0.806 bits per heavy atom. The van der Waals surface area contributed by atoms with Gasteiger partial charge < -0.3 is 4.74 Å². The van der Waals surface area contributed by atoms with Gasteiger partial charge in [0.1, 0.15) is 19.0 Å². The Bertz CT molecular complexity index is 1220. The maximum Gasteiger partial charge on any atom is 0.251 e. The molecule has 2 heterocycles. The van der Waals surface area contributed by atoms with Crippen molar-refractivity contribution in [2.24, 2.45) is 0 Å². The highest BCUT2D eigenvalue weighted by atomic mass is 16.7. The number of hydrogen-bond acceptors (Lipinski definition) is 4. The van der Waals surface area contributed by atoms with Crippen LogP contribution in [-0.2, 0) is 29.3 Å². The molecule has 0 saturated carbocycles. The molecule has 1 aromatic heterocycles. The van der Waals surface area contributed by atoms with E-state index in [1.807, 2.05) is 78.9 Å². The first-order valence-corrected chi connectivity index (χ1v) is 10.4. The Labute approximate surface area is 180 Å². The fourth-order valence-electron chi connectivity index (χ4n) is 3.71. The van der Waals surface area contributed by atoms with Crippen LogP contribution >= 0.6 is 0 Å². The lowest BCUT2D eigenvalue weighted by atomic mass is 10.0. The van der Waals surface area contributed by atoms with E-state index in [2.05, 4.69) is 11.1 Å². The number of aromatic nitrogens is 1. The first kappa shape index (κ1) is 19.3. The summed E-state index contributed by atoms with van der Waals surface area (Å²) in [5.74, 6) is 0.750. The first-order chi connectivity index (χ1) is 15.3. The lowest BCUT2D eigenvalue weighted by Gasteiger charge is -2.28. The summed E-state index contributed by atoms with van der Waals surface area (Å²) >= 11 is 0. The zero-order valence-electron chi connectivity index (χ0n) is 17.0. The normalized spacial score (nSPS) is 13.3. The van der Waals surface area contributed by atoms with Crippen molar-refractivity contribution in [3.8, 4) is 5.75 Å². The highest BCUT2D eigenvalue weighted by Crippen LogP contribution is 2.28. The van der Waals surface area contributed by atoms with E-state index < -0.39 is 0 Å². The third-order valence-corrected chi connectivity index (χ3v) is 5.37. The van der Waals surface area contributed by atoms with E-state index in [4.69, 9.17) is 9.57 Å². The Kier molecular flexibility index (Phi) is 5.33. The van der Waals surface area contributed by atoms with Gasteiger partial charge in [0.2, 0.25) is 0 Å². The molecule has 0 radical (unpaired) electrons. The molecule has 0 bridgehead atoms. The van der Waals surface area contributed by atoms with Crippen molar-refractivity contribution >= 4 is 22.5 Å². The van der Waals surface area contributed by atoms with Gasteiger partial charge in [0, 0.05) is 11.8 Å². The van der Waals surface area contributed by atoms with E-state index in [1.54, 1.807) is 0 Å². The minimum Gasteiger partial charge on any atom is -0.487 e. The zero-order chi connectivity index (χ0) is 21.0. The van der Waals surface area contributed by atoms with Crippen molar-refractivity contribution in [3.05, 3.63) is 102 Å². The standard InChI is InChI=1S/C26H22N2O3/c29-26-16-12-21-6-2-4-8-25(21)28(26)31-17-19-9-14-23(15-10-19)30-18-22-13-11-20-5-1-3-7-24(20)27-22/h1-11,13-15H,12,16-18H2. The molecule has 0 N–H and O–H groups in total. The van der Waals surface area contributed by atoms with Gasteiger partial charge in [-0.05, 0) is 47.9 Å². The fraction of sp³-hybridized carbons (Fsp3) is 0.154. The number of anilines is 1. The molecule has 0 fully saturated rings. The van der Waals surface area contributed by atoms with Gasteiger partial charge >= 0.3 is 0 Å². The predicted molar refractivity (Wildman–Crippen MR) is 120 cm³/mol. The van der Waals surface area contributed by atoms with Gasteiger partial charge in [0.15, 0.2) is 0 Å². The van der Waals surface area contributed by atoms with Gasteiger partial charge in [-0.15, -0.1) is 0 Å². The van der Waals surface area contributed by atoms with Crippen molar-refractivity contribution < 1.29 is 14.4 Å². The number of benzene rings is 3. The van der Waals surface area contributed by atoms with E-state index in [9.17, 15) is 4.79 Å². The number of ether oxygens (including phenoxy) is 1. The number of pyridine rings is 1. The fourth-order valence-corrected chi connectivity index (χ4v) is 3.71. The number of aryl methyl sites for hydroxylation is 1. The van der Waals surface area contributed by atoms with Crippen LogP contribution in [-0.4, -0.2) is 10.9 Å². The van der Waals surface area contributed by atoms with Crippen molar-refractivity contribution in [3.63, 3.8) is 0 Å². The largest absolute Gasteiger partial charge is 0.487 e. The van der Waals surface area contributed by atoms with Crippen molar-refractivity contribution in [2.45, 2.75) is 26.1 Å². The van der Waals surface area contributed by atoms with Crippen molar-refractivity contribution in [1.82, 2.24) is 4.98 Å². The molecule has 5 nitrogen and oxygen atoms in total. The van der Waals surface area contributed by atoms with E-state index in [1.165, 1.54) is 5.06 Å². The van der Waals surface area contributed by atoms with Crippen LogP contribution in [0.5, 0.6) is 5.75 Å². The average Bonchev–Trinajstić information content (AvgIpc) is 2.82. The molecule has 0 spiro atoms. The second-order valence-electron chi connectivity index (χ2n) is 7.52. The monoisotopic (exact) mass is 410 g/mol. The molecule has 3 aromatic carbocycles. The van der Waals surface area contributed by atoms with E-state index in [0.29, 0.717) is 19.6 Å². The number of hydroxylamine groups is 1. The Morgan fingerprint density at radius 3 is 2.52 bits per heavy atom. The Balaban J connectivity index is 1.20. The van der Waals surface area contributed by atoms with E-state index in [0.717, 1.165) is 45.6 Å². The third kappa shape index (κ3) is 4.27. The summed E-state index contributed by atoms with van der Waals surface area (Å²) in [4.78, 5) is 22.8. The van der Waals surface area contributed by atoms with Crippen molar-refractivity contribution in [2.75, 3.05) is 5.06 Å². The summed E-state index contributed by atoms with van der Waals surface area (Å²) in [7, 11) is 0. The van der Waals surface area contributed by atoms with Crippen LogP contribution in [0.2, 0.25) is 0 Å². The quantitative estimate of drug-likeness (QED) is 0.437. The molecule has 5 rings (SSSR count). The molecule has 0 saturated heterocycles. The Morgan fingerprint density at radius 2 is 1.61 bits per heavy atom. The molecule has 0 unspecified atom stereocenters. The lowest BCUT2D eigenvalue weighted by Crippen LogP contribution is -2.34. The van der Waals surface area contributed by atoms with Gasteiger partial charge in [-0.3, -0.25) is 9.63 Å². The SMILES string of the molecule is O=C1CCc2ccccc2N1OCc1ccc(OCc2ccc3ccccc3n2)cc1. The molecule has 1 aliphatic heterocycles. The van der Waals surface area contributed by atoms with E-state index in [-0.39, 0.29) is 5.91 Å². The molecule has 1 aliphatic rings. The van der Waals surface area contributed by atoms with Crippen molar-refractivity contribution in [1.29, 1.82) is 0 Å². The maximum absolute atomic E-state index is 12.3. The van der Waals surface area contributed by atoms with Crippen LogP contribution in [0.4, 0.5) is 5.69 Å². The predicted octanol–water partition coefficient (Wildman–Crippen LogP) is 5.22. The molecule has 4 aromatic rings. The number of nitrogens with zero attached hydrogens (tertiary/aromatic N) is 2. The number of para-hydroxylation sites is 2. The zero-order valence-corrected chi connectivity index (χ0v) is 17.0. The first-order valence-electron chi connectivity index (χ1n) is 10.4. The highest BCUT2D eigenvalue weighted by molar-refractivity contribution is 5.94. The van der Waals surface area contributed by atoms with Crippen LogP contribution in [0.25, 0.3) is 10.9 Å². The molecular weight excluding hydrogens is 388 g/mol. The van der Waals surface area contributed by atoms with Crippen LogP contribution in [0.3, 0.4) is 0 Å². The molecule has 31 heavy (non-hydrogen) atoms. The lowest BCUT2D eigenvalue weighted by molar-refractivity contribution is -0.127. The van der Waals surface area contributed by atoms with Gasteiger partial charge in [0.25, 0.3) is 5.91 Å². The molecule has 1 amide bonds. The average molecular weight is 410 g/mol. The summed E-state index contributed by atoms with van der Waals surface area (Å²) in [6.07, 6.45) is 1.22. The molecule has 0 aliphatic carbocycles. The molecule has 5 heteroatoms. The molecule has 154 valence electrons. The van der Waals surface area contributed by atoms with Gasteiger partial charge in [-0.2, -0.15) is 5.06 Å². The Hall–Kier alpha value is -3.70. The number of amides is 1. The summed E-state index contributed by atoms with van der Waals surface area (Å²) in [5.41, 5.74) is 4.78. The second-order valence-corrected chi connectivity index (χ2v) is 7.52. The summed E-state index contributed by atoms with van der Waals surface area (Å²) in [5, 5.41) is 2.54. The maximum atomic E-state index is 12.3. The molecule has 0 atom stereocenters.